The maximum Gasteiger partial charge on any atom is 0.253 e. The third-order valence-electron chi connectivity index (χ3n) is 1.58. The van der Waals surface area contributed by atoms with Crippen LogP contribution in [0.2, 0.25) is 0 Å². The Morgan fingerprint density at radius 3 is 3.23 bits per heavy atom. The van der Waals surface area contributed by atoms with Crippen LogP contribution in [0.5, 0.6) is 0 Å². The second kappa shape index (κ2) is 3.31. The smallest absolute Gasteiger partial charge is 0.253 e. The van der Waals surface area contributed by atoms with Crippen LogP contribution in [0, 0.1) is 0 Å². The van der Waals surface area contributed by atoms with Crippen LogP contribution in [0.1, 0.15) is 5.69 Å². The number of ether oxygens (including phenoxy) is 1. The molecule has 0 amide bonds. The summed E-state index contributed by atoms with van der Waals surface area (Å²) in [4.78, 5) is 8.16. The van der Waals surface area contributed by atoms with E-state index in [1.165, 1.54) is 6.33 Å². The van der Waals surface area contributed by atoms with Crippen molar-refractivity contribution in [2.45, 2.75) is 11.6 Å². The van der Waals surface area contributed by atoms with Gasteiger partial charge in [0.15, 0.2) is 0 Å². The van der Waals surface area contributed by atoms with Crippen LogP contribution >= 0.6 is 12.6 Å². The van der Waals surface area contributed by atoms with Crippen LogP contribution in [-0.4, -0.2) is 26.7 Å². The highest BCUT2D eigenvalue weighted by Crippen LogP contribution is 2.09. The number of hydrogen-bond donors (Lipinski definition) is 1. The van der Waals surface area contributed by atoms with Gasteiger partial charge in [-0.15, -0.1) is 12.6 Å². The summed E-state index contributed by atoms with van der Waals surface area (Å²) < 4.78 is 6.51. The van der Waals surface area contributed by atoms with Crippen molar-refractivity contribution in [1.29, 1.82) is 0 Å². The first-order valence-electron chi connectivity index (χ1n) is 3.69. The van der Waals surface area contributed by atoms with Gasteiger partial charge in [-0.25, -0.2) is 4.98 Å². The van der Waals surface area contributed by atoms with E-state index >= 15 is 0 Å². The highest BCUT2D eigenvalue weighted by molar-refractivity contribution is 7.80. The molecule has 0 aliphatic rings. The normalized spacial score (nSPS) is 10.9. The number of methoxy groups -OCH3 is 1. The molecule has 0 fully saturated rings. The van der Waals surface area contributed by atoms with Crippen molar-refractivity contribution in [2.75, 3.05) is 7.11 Å². The number of rotatable bonds is 2. The summed E-state index contributed by atoms with van der Waals surface area (Å²) in [5.74, 6) is 0.541. The van der Waals surface area contributed by atoms with E-state index in [0.717, 1.165) is 5.69 Å². The molecule has 2 rings (SSSR count). The molecule has 0 aromatic carbocycles. The summed E-state index contributed by atoms with van der Waals surface area (Å²) in [7, 11) is 1.62. The molecule has 0 aliphatic heterocycles. The van der Waals surface area contributed by atoms with Gasteiger partial charge in [0.05, 0.1) is 12.3 Å². The maximum absolute atomic E-state index is 4.95. The monoisotopic (exact) mass is 196 g/mol. The first-order chi connectivity index (χ1) is 6.31. The Labute approximate surface area is 80.2 Å². The molecule has 5 nitrogen and oxygen atoms in total. The number of thiol groups is 1. The highest BCUT2D eigenvalue weighted by Gasteiger charge is 2.03. The molecule has 13 heavy (non-hydrogen) atoms. The van der Waals surface area contributed by atoms with Gasteiger partial charge in [0, 0.05) is 7.11 Å². The van der Waals surface area contributed by atoms with Crippen LogP contribution in [0.15, 0.2) is 17.4 Å². The lowest BCUT2D eigenvalue weighted by atomic mass is 10.4. The van der Waals surface area contributed by atoms with Gasteiger partial charge in [0.1, 0.15) is 11.4 Å². The summed E-state index contributed by atoms with van der Waals surface area (Å²) in [6.45, 7) is 0.455. The molecule has 2 aromatic heterocycles. The Morgan fingerprint density at radius 2 is 2.46 bits per heavy atom. The largest absolute Gasteiger partial charge is 0.378 e. The molecule has 0 atom stereocenters. The number of fused-ring (bicyclic) bond motifs is 1. The zero-order valence-corrected chi connectivity index (χ0v) is 7.90. The molecule has 0 aliphatic carbocycles. The molecule has 6 heteroatoms. The molecule has 68 valence electrons. The summed E-state index contributed by atoms with van der Waals surface area (Å²) in [5.41, 5.74) is 0.799. The summed E-state index contributed by atoms with van der Waals surface area (Å²) in [5, 5.41) is 4.65. The van der Waals surface area contributed by atoms with Crippen LogP contribution < -0.4 is 0 Å². The number of aromatic nitrogens is 4. The van der Waals surface area contributed by atoms with Crippen molar-refractivity contribution in [3.63, 3.8) is 0 Å². The van der Waals surface area contributed by atoms with Crippen molar-refractivity contribution in [2.24, 2.45) is 0 Å². The van der Waals surface area contributed by atoms with Crippen molar-refractivity contribution >= 4 is 18.4 Å². The lowest BCUT2D eigenvalue weighted by molar-refractivity contribution is 0.181. The highest BCUT2D eigenvalue weighted by atomic mass is 32.1. The fourth-order valence-electron chi connectivity index (χ4n) is 1.07. The second-order valence-corrected chi connectivity index (χ2v) is 2.97. The average Bonchev–Trinajstić information content (AvgIpc) is 2.53. The SMILES string of the molecule is COCc1cc(S)n2ncnc2n1. The van der Waals surface area contributed by atoms with Crippen LogP contribution in [0.25, 0.3) is 5.78 Å². The third-order valence-corrected chi connectivity index (χ3v) is 1.90. The minimum Gasteiger partial charge on any atom is -0.378 e. The fourth-order valence-corrected chi connectivity index (χ4v) is 1.36. The van der Waals surface area contributed by atoms with Gasteiger partial charge in [-0.3, -0.25) is 0 Å². The first kappa shape index (κ1) is 8.46. The van der Waals surface area contributed by atoms with Crippen molar-refractivity contribution < 1.29 is 4.74 Å². The number of nitrogens with zero attached hydrogens (tertiary/aromatic N) is 4. The standard InChI is InChI=1S/C7H8N4OS/c1-12-3-5-2-6(13)11-7(10-5)8-4-9-11/h2,4,13H,3H2,1H3. The predicted octanol–water partition coefficient (Wildman–Crippen LogP) is 0.559. The van der Waals surface area contributed by atoms with E-state index in [-0.39, 0.29) is 0 Å². The van der Waals surface area contributed by atoms with Crippen LogP contribution in [-0.2, 0) is 11.3 Å². The van der Waals surface area contributed by atoms with E-state index in [0.29, 0.717) is 17.4 Å². The Balaban J connectivity index is 2.56. The molecule has 0 N–H and O–H groups in total. The molecule has 2 aromatic rings. The van der Waals surface area contributed by atoms with Crippen LogP contribution in [0.4, 0.5) is 0 Å². The Hall–Kier alpha value is -1.14. The van der Waals surface area contributed by atoms with Gasteiger partial charge in [0.2, 0.25) is 0 Å². The van der Waals surface area contributed by atoms with Crippen molar-refractivity contribution in [3.05, 3.63) is 18.1 Å². The van der Waals surface area contributed by atoms with Gasteiger partial charge in [0.25, 0.3) is 5.78 Å². The molecule has 0 spiro atoms. The van der Waals surface area contributed by atoms with E-state index < -0.39 is 0 Å². The summed E-state index contributed by atoms with van der Waals surface area (Å²) >= 11 is 4.24. The Morgan fingerprint density at radius 1 is 1.62 bits per heavy atom. The van der Waals surface area contributed by atoms with E-state index in [4.69, 9.17) is 4.74 Å². The first-order valence-corrected chi connectivity index (χ1v) is 4.13. The van der Waals surface area contributed by atoms with Crippen molar-refractivity contribution in [3.8, 4) is 0 Å². The lowest BCUT2D eigenvalue weighted by Gasteiger charge is -2.00. The van der Waals surface area contributed by atoms with Gasteiger partial charge < -0.3 is 4.74 Å². The van der Waals surface area contributed by atoms with Gasteiger partial charge in [-0.2, -0.15) is 14.6 Å². The number of hydrogen-bond acceptors (Lipinski definition) is 5. The topological polar surface area (TPSA) is 52.3 Å². The second-order valence-electron chi connectivity index (χ2n) is 2.51. The molecule has 0 saturated heterocycles. The van der Waals surface area contributed by atoms with Gasteiger partial charge in [-0.05, 0) is 6.07 Å². The van der Waals surface area contributed by atoms with E-state index in [2.05, 4.69) is 27.7 Å². The molecular formula is C7H8N4OS. The zero-order valence-electron chi connectivity index (χ0n) is 7.01. The minimum atomic E-state index is 0.455. The quantitative estimate of drug-likeness (QED) is 0.563. The molecule has 0 saturated carbocycles. The lowest BCUT2D eigenvalue weighted by Crippen LogP contribution is -1.99. The zero-order chi connectivity index (χ0) is 9.26. The van der Waals surface area contributed by atoms with E-state index in [9.17, 15) is 0 Å². The summed E-state index contributed by atoms with van der Waals surface area (Å²) in [6, 6.07) is 1.80. The predicted molar refractivity (Wildman–Crippen MR) is 48.7 cm³/mol. The molecule has 2 heterocycles. The Bertz CT molecular complexity index is 427. The molecule has 0 unspecified atom stereocenters. The molecular weight excluding hydrogens is 188 g/mol. The average molecular weight is 196 g/mol. The molecule has 0 radical (unpaired) electrons. The van der Waals surface area contributed by atoms with E-state index in [1.807, 2.05) is 0 Å². The maximum atomic E-state index is 4.95. The van der Waals surface area contributed by atoms with Gasteiger partial charge in [-0.1, -0.05) is 0 Å². The van der Waals surface area contributed by atoms with Crippen molar-refractivity contribution in [1.82, 2.24) is 19.6 Å². The minimum absolute atomic E-state index is 0.455. The van der Waals surface area contributed by atoms with Gasteiger partial charge >= 0.3 is 0 Å². The van der Waals surface area contributed by atoms with E-state index in [1.54, 1.807) is 17.7 Å². The Kier molecular flexibility index (Phi) is 2.15. The van der Waals surface area contributed by atoms with Crippen LogP contribution in [0.3, 0.4) is 0 Å². The fraction of sp³-hybridized carbons (Fsp3) is 0.286. The third kappa shape index (κ3) is 1.50. The molecule has 0 bridgehead atoms. The summed E-state index contributed by atoms with van der Waals surface area (Å²) in [6.07, 6.45) is 1.44.